The van der Waals surface area contributed by atoms with Gasteiger partial charge in [0.25, 0.3) is 17.4 Å². The quantitative estimate of drug-likeness (QED) is 0.211. The van der Waals surface area contributed by atoms with Gasteiger partial charge in [-0.3, -0.25) is 19.7 Å². The molecule has 0 spiro atoms. The molecule has 1 N–H and O–H groups in total. The van der Waals surface area contributed by atoms with Crippen molar-refractivity contribution in [3.05, 3.63) is 80.4 Å². The van der Waals surface area contributed by atoms with Crippen LogP contribution in [0, 0.1) is 10.1 Å². The summed E-state index contributed by atoms with van der Waals surface area (Å²) in [5, 5.41) is 22.4. The number of halogens is 1. The molecule has 1 aliphatic heterocycles. The molecule has 168 valence electrons. The molecule has 8 nitrogen and oxygen atoms in total. The molecule has 1 atom stereocenters. The zero-order valence-electron chi connectivity index (χ0n) is 17.8. The standard InChI is InChI=1S/C23H24ClN3O5/c1-3-25(4-2)13-14-26-20(15-5-9-17(24)10-6-15)19(22(29)23(26)30)21(28)16-7-11-18(12-8-16)27(31)32/h5-12,20,28H,3-4,13-14H2,1-2H3/b21-19+/t20-/m1/s1. The van der Waals surface area contributed by atoms with Crippen molar-refractivity contribution in [1.29, 1.82) is 0 Å². The molecular weight excluding hydrogens is 434 g/mol. The van der Waals surface area contributed by atoms with E-state index in [2.05, 4.69) is 4.90 Å². The van der Waals surface area contributed by atoms with Gasteiger partial charge >= 0.3 is 0 Å². The van der Waals surface area contributed by atoms with Gasteiger partial charge in [0.05, 0.1) is 16.5 Å². The number of ketones is 1. The lowest BCUT2D eigenvalue weighted by molar-refractivity contribution is -0.384. The van der Waals surface area contributed by atoms with Gasteiger partial charge in [0.2, 0.25) is 0 Å². The number of carbonyl (C=O) groups excluding carboxylic acids is 2. The SMILES string of the molecule is CCN(CC)CCN1C(=O)C(=O)/C(=C(/O)c2ccc([N+](=O)[O-])cc2)[C@H]1c1ccc(Cl)cc1. The van der Waals surface area contributed by atoms with Crippen LogP contribution in [0.5, 0.6) is 0 Å². The van der Waals surface area contributed by atoms with Crippen LogP contribution in [0.4, 0.5) is 5.69 Å². The topological polar surface area (TPSA) is 104 Å². The van der Waals surface area contributed by atoms with Gasteiger partial charge in [0.1, 0.15) is 5.76 Å². The summed E-state index contributed by atoms with van der Waals surface area (Å²) in [6, 6.07) is 11.1. The fourth-order valence-corrected chi connectivity index (χ4v) is 3.91. The van der Waals surface area contributed by atoms with Crippen molar-refractivity contribution >= 4 is 34.7 Å². The number of carbonyl (C=O) groups is 2. The number of benzene rings is 2. The minimum Gasteiger partial charge on any atom is -0.507 e. The van der Waals surface area contributed by atoms with E-state index in [0.29, 0.717) is 23.7 Å². The van der Waals surface area contributed by atoms with Gasteiger partial charge in [-0.05, 0) is 42.9 Å². The summed E-state index contributed by atoms with van der Waals surface area (Å²) in [5.74, 6) is -1.86. The largest absolute Gasteiger partial charge is 0.507 e. The Morgan fingerprint density at radius 2 is 1.69 bits per heavy atom. The molecule has 1 heterocycles. The van der Waals surface area contributed by atoms with Gasteiger partial charge in [-0.25, -0.2) is 0 Å². The van der Waals surface area contributed by atoms with E-state index in [4.69, 9.17) is 11.6 Å². The molecule has 2 aromatic rings. The molecule has 1 fully saturated rings. The number of hydrogen-bond acceptors (Lipinski definition) is 6. The van der Waals surface area contributed by atoms with E-state index in [0.717, 1.165) is 13.1 Å². The number of likely N-dealkylation sites (N-methyl/N-ethyl adjacent to an activating group) is 1. The molecule has 2 aromatic carbocycles. The highest BCUT2D eigenvalue weighted by Gasteiger charge is 2.45. The molecule has 1 amide bonds. The lowest BCUT2D eigenvalue weighted by Gasteiger charge is -2.28. The van der Waals surface area contributed by atoms with E-state index in [-0.39, 0.29) is 22.6 Å². The molecule has 9 heteroatoms. The Balaban J connectivity index is 2.08. The third-order valence-corrected chi connectivity index (χ3v) is 5.88. The first-order chi connectivity index (χ1) is 15.3. The van der Waals surface area contributed by atoms with Crippen molar-refractivity contribution in [2.45, 2.75) is 19.9 Å². The predicted octanol–water partition coefficient (Wildman–Crippen LogP) is 4.01. The van der Waals surface area contributed by atoms with Gasteiger partial charge in [-0.2, -0.15) is 0 Å². The van der Waals surface area contributed by atoms with E-state index in [1.165, 1.54) is 29.2 Å². The van der Waals surface area contributed by atoms with E-state index < -0.39 is 22.7 Å². The number of non-ortho nitro benzene ring substituents is 1. The lowest BCUT2D eigenvalue weighted by Crippen LogP contribution is -2.38. The maximum absolute atomic E-state index is 13.0. The van der Waals surface area contributed by atoms with Crippen LogP contribution in [0.15, 0.2) is 54.1 Å². The third-order valence-electron chi connectivity index (χ3n) is 5.63. The highest BCUT2D eigenvalue weighted by atomic mass is 35.5. The Morgan fingerprint density at radius 1 is 1.09 bits per heavy atom. The molecule has 0 aromatic heterocycles. The van der Waals surface area contributed by atoms with Crippen LogP contribution in [0.25, 0.3) is 5.76 Å². The number of rotatable bonds is 8. The summed E-state index contributed by atoms with van der Waals surface area (Å²) in [4.78, 5) is 39.9. The van der Waals surface area contributed by atoms with E-state index in [1.807, 2.05) is 13.8 Å². The highest BCUT2D eigenvalue weighted by molar-refractivity contribution is 6.46. The van der Waals surface area contributed by atoms with Crippen LogP contribution < -0.4 is 0 Å². The number of nitro groups is 1. The number of aliphatic hydroxyl groups excluding tert-OH is 1. The lowest BCUT2D eigenvalue weighted by atomic mass is 9.95. The Kier molecular flexibility index (Phi) is 7.27. The Hall–Kier alpha value is -3.23. The summed E-state index contributed by atoms with van der Waals surface area (Å²) in [6.07, 6.45) is 0. The fourth-order valence-electron chi connectivity index (χ4n) is 3.79. The number of nitrogens with zero attached hydrogens (tertiary/aromatic N) is 3. The maximum Gasteiger partial charge on any atom is 0.295 e. The van der Waals surface area contributed by atoms with Gasteiger partial charge in [0, 0.05) is 35.8 Å². The van der Waals surface area contributed by atoms with Gasteiger partial charge in [0.15, 0.2) is 0 Å². The number of Topliss-reactive ketones (excluding diaryl/α,β-unsaturated/α-hetero) is 1. The second kappa shape index (κ2) is 9.93. The average Bonchev–Trinajstić information content (AvgIpc) is 3.04. The molecule has 1 aliphatic rings. The Morgan fingerprint density at radius 3 is 2.22 bits per heavy atom. The van der Waals surface area contributed by atoms with Gasteiger partial charge < -0.3 is 14.9 Å². The molecule has 0 saturated carbocycles. The van der Waals surface area contributed by atoms with Crippen LogP contribution in [0.3, 0.4) is 0 Å². The number of amides is 1. The van der Waals surface area contributed by atoms with Gasteiger partial charge in [-0.15, -0.1) is 0 Å². The van der Waals surface area contributed by atoms with E-state index in [1.54, 1.807) is 24.3 Å². The van der Waals surface area contributed by atoms with Crippen LogP contribution >= 0.6 is 11.6 Å². The molecule has 3 rings (SSSR count). The van der Waals surface area contributed by atoms with Crippen LogP contribution in [0.2, 0.25) is 5.02 Å². The molecule has 0 unspecified atom stereocenters. The highest BCUT2D eigenvalue weighted by Crippen LogP contribution is 2.39. The third kappa shape index (κ3) is 4.66. The van der Waals surface area contributed by atoms with Gasteiger partial charge in [-0.1, -0.05) is 37.6 Å². The summed E-state index contributed by atoms with van der Waals surface area (Å²) in [7, 11) is 0. The molecule has 0 bridgehead atoms. The zero-order chi connectivity index (χ0) is 23.4. The van der Waals surface area contributed by atoms with Crippen molar-refractivity contribution < 1.29 is 19.6 Å². The molecule has 1 saturated heterocycles. The molecule has 0 radical (unpaired) electrons. The van der Waals surface area contributed by atoms with Crippen molar-refractivity contribution in [2.75, 3.05) is 26.2 Å². The number of hydrogen-bond donors (Lipinski definition) is 1. The van der Waals surface area contributed by atoms with E-state index in [9.17, 15) is 24.8 Å². The average molecular weight is 458 g/mol. The van der Waals surface area contributed by atoms with Crippen molar-refractivity contribution in [3.8, 4) is 0 Å². The summed E-state index contributed by atoms with van der Waals surface area (Å²) in [6.45, 7) is 6.51. The molecule has 32 heavy (non-hydrogen) atoms. The number of nitro benzene ring substituents is 1. The molecular formula is C23H24ClN3O5. The monoisotopic (exact) mass is 457 g/mol. The first kappa shape index (κ1) is 23.4. The first-order valence-electron chi connectivity index (χ1n) is 10.3. The second-order valence-corrected chi connectivity index (χ2v) is 7.81. The Bertz CT molecular complexity index is 1050. The number of aliphatic hydroxyl groups is 1. The predicted molar refractivity (Wildman–Crippen MR) is 121 cm³/mol. The van der Waals surface area contributed by atoms with E-state index >= 15 is 0 Å². The normalized spacial score (nSPS) is 17.9. The first-order valence-corrected chi connectivity index (χ1v) is 10.7. The minimum absolute atomic E-state index is 0.0503. The number of likely N-dealkylation sites (tertiary alicyclic amines) is 1. The summed E-state index contributed by atoms with van der Waals surface area (Å²) >= 11 is 6.02. The zero-order valence-corrected chi connectivity index (χ0v) is 18.6. The molecule has 0 aliphatic carbocycles. The summed E-state index contributed by atoms with van der Waals surface area (Å²) in [5.41, 5.74) is 0.661. The van der Waals surface area contributed by atoms with Crippen LogP contribution in [0.1, 0.15) is 31.0 Å². The summed E-state index contributed by atoms with van der Waals surface area (Å²) < 4.78 is 0. The Labute approximate surface area is 190 Å². The van der Waals surface area contributed by atoms with Crippen LogP contribution in [-0.4, -0.2) is 57.7 Å². The van der Waals surface area contributed by atoms with Crippen LogP contribution in [-0.2, 0) is 9.59 Å². The fraction of sp³-hybridized carbons (Fsp3) is 0.304. The smallest absolute Gasteiger partial charge is 0.295 e. The second-order valence-electron chi connectivity index (χ2n) is 7.37. The van der Waals surface area contributed by atoms with Crippen molar-refractivity contribution in [3.63, 3.8) is 0 Å². The van der Waals surface area contributed by atoms with Crippen molar-refractivity contribution in [2.24, 2.45) is 0 Å². The maximum atomic E-state index is 13.0. The van der Waals surface area contributed by atoms with Crippen molar-refractivity contribution in [1.82, 2.24) is 9.80 Å². The minimum atomic E-state index is -0.793.